The Morgan fingerprint density at radius 1 is 1.43 bits per heavy atom. The topological polar surface area (TPSA) is 74.3 Å². The number of hydrogen-bond donors (Lipinski definition) is 2. The highest BCUT2D eigenvalue weighted by atomic mass is 35.5. The summed E-state index contributed by atoms with van der Waals surface area (Å²) < 4.78 is 36.2. The molecule has 0 saturated carbocycles. The van der Waals surface area contributed by atoms with Crippen LogP contribution < -0.4 is 10.6 Å². The van der Waals surface area contributed by atoms with Crippen LogP contribution in [-0.2, 0) is 4.79 Å². The smallest absolute Gasteiger partial charge is 0.335 e. The molecule has 0 radical (unpaired) electrons. The maximum Gasteiger partial charge on any atom is 0.406 e. The van der Waals surface area contributed by atoms with Gasteiger partial charge in [0, 0.05) is 13.2 Å². The van der Waals surface area contributed by atoms with Gasteiger partial charge < -0.3 is 15.5 Å². The number of nitrogens with zero attached hydrogens (tertiary/aromatic N) is 2. The van der Waals surface area contributed by atoms with Crippen molar-refractivity contribution in [3.63, 3.8) is 0 Å². The molecule has 0 fully saturated rings. The predicted octanol–water partition coefficient (Wildman–Crippen LogP) is 1.88. The average Bonchev–Trinajstić information content (AvgIpc) is 2.36. The van der Waals surface area contributed by atoms with Gasteiger partial charge in [0.15, 0.2) is 5.15 Å². The number of pyridine rings is 1. The standard InChI is InChI=1S/C11H12ClF3N4O2/c1-19(6-11(13,14)15)8(20)5-17-10(21)18-7-3-2-4-16-9(7)12/h2-4H,5-6H2,1H3,(H2,17,18,21). The first-order chi connectivity index (χ1) is 9.69. The predicted molar refractivity (Wildman–Crippen MR) is 70.0 cm³/mol. The first-order valence-electron chi connectivity index (χ1n) is 5.65. The molecule has 0 aliphatic heterocycles. The van der Waals surface area contributed by atoms with E-state index in [4.69, 9.17) is 11.6 Å². The third-order valence-corrected chi connectivity index (χ3v) is 2.55. The molecule has 1 aromatic heterocycles. The molecule has 1 heterocycles. The highest BCUT2D eigenvalue weighted by Crippen LogP contribution is 2.17. The molecule has 3 amide bonds. The summed E-state index contributed by atoms with van der Waals surface area (Å²) in [4.78, 5) is 27.1. The molecular formula is C11H12ClF3N4O2. The molecule has 2 N–H and O–H groups in total. The third-order valence-electron chi connectivity index (χ3n) is 2.25. The zero-order chi connectivity index (χ0) is 16.0. The number of halogens is 4. The number of likely N-dealkylation sites (N-methyl/N-ethyl adjacent to an activating group) is 1. The molecule has 1 rings (SSSR count). The Bertz CT molecular complexity index is 524. The van der Waals surface area contributed by atoms with Gasteiger partial charge >= 0.3 is 12.2 Å². The number of urea groups is 1. The summed E-state index contributed by atoms with van der Waals surface area (Å²) in [6.45, 7) is -1.96. The van der Waals surface area contributed by atoms with Gasteiger partial charge in [-0.3, -0.25) is 4.79 Å². The maximum absolute atomic E-state index is 12.1. The molecule has 0 unspecified atom stereocenters. The van der Waals surface area contributed by atoms with Crippen LogP contribution in [0.25, 0.3) is 0 Å². The van der Waals surface area contributed by atoms with Crippen molar-refractivity contribution in [2.45, 2.75) is 6.18 Å². The summed E-state index contributed by atoms with van der Waals surface area (Å²) in [6, 6.07) is 2.23. The summed E-state index contributed by atoms with van der Waals surface area (Å²) in [6.07, 6.45) is -3.07. The first-order valence-corrected chi connectivity index (χ1v) is 6.03. The Morgan fingerprint density at radius 3 is 2.67 bits per heavy atom. The fourth-order valence-corrected chi connectivity index (χ4v) is 1.46. The number of alkyl halides is 3. The highest BCUT2D eigenvalue weighted by molar-refractivity contribution is 6.32. The van der Waals surface area contributed by atoms with Crippen molar-refractivity contribution in [2.24, 2.45) is 0 Å². The van der Waals surface area contributed by atoms with E-state index in [0.717, 1.165) is 7.05 Å². The van der Waals surface area contributed by atoms with Crippen LogP contribution in [0, 0.1) is 0 Å². The largest absolute Gasteiger partial charge is 0.406 e. The normalized spacial score (nSPS) is 10.9. The van der Waals surface area contributed by atoms with Crippen molar-refractivity contribution < 1.29 is 22.8 Å². The van der Waals surface area contributed by atoms with Gasteiger partial charge in [-0.1, -0.05) is 11.6 Å². The first kappa shape index (κ1) is 17.0. The molecule has 0 spiro atoms. The van der Waals surface area contributed by atoms with Crippen LogP contribution in [0.1, 0.15) is 0 Å². The second kappa shape index (κ2) is 7.11. The van der Waals surface area contributed by atoms with E-state index in [1.807, 2.05) is 0 Å². The van der Waals surface area contributed by atoms with Crippen LogP contribution in [0.3, 0.4) is 0 Å². The number of nitrogens with one attached hydrogen (secondary N) is 2. The van der Waals surface area contributed by atoms with Crippen LogP contribution in [0.5, 0.6) is 0 Å². The van der Waals surface area contributed by atoms with Gasteiger partial charge in [0.2, 0.25) is 5.91 Å². The van der Waals surface area contributed by atoms with E-state index < -0.39 is 31.2 Å². The maximum atomic E-state index is 12.1. The second-order valence-electron chi connectivity index (χ2n) is 4.01. The number of aromatic nitrogens is 1. The molecule has 0 aliphatic rings. The Hall–Kier alpha value is -2.03. The minimum Gasteiger partial charge on any atom is -0.335 e. The summed E-state index contributed by atoms with van der Waals surface area (Å²) in [7, 11) is 0.993. The van der Waals surface area contributed by atoms with Crippen molar-refractivity contribution >= 4 is 29.2 Å². The summed E-state index contributed by atoms with van der Waals surface area (Å²) in [5.41, 5.74) is 0.216. The lowest BCUT2D eigenvalue weighted by atomic mass is 10.4. The second-order valence-corrected chi connectivity index (χ2v) is 4.37. The molecule has 6 nitrogen and oxygen atoms in total. The molecule has 116 valence electrons. The third kappa shape index (κ3) is 6.30. The van der Waals surface area contributed by atoms with Crippen molar-refractivity contribution in [3.8, 4) is 0 Å². The van der Waals surface area contributed by atoms with Crippen LogP contribution >= 0.6 is 11.6 Å². The zero-order valence-corrected chi connectivity index (χ0v) is 11.6. The van der Waals surface area contributed by atoms with Gasteiger partial charge in [0.25, 0.3) is 0 Å². The number of carbonyl (C=O) groups is 2. The average molecular weight is 325 g/mol. The van der Waals surface area contributed by atoms with Crippen molar-refractivity contribution in [3.05, 3.63) is 23.5 Å². The lowest BCUT2D eigenvalue weighted by molar-refractivity contribution is -0.157. The molecular weight excluding hydrogens is 313 g/mol. The van der Waals surface area contributed by atoms with Gasteiger partial charge in [0.1, 0.15) is 6.54 Å². The fraction of sp³-hybridized carbons (Fsp3) is 0.364. The van der Waals surface area contributed by atoms with Gasteiger partial charge in [-0.05, 0) is 12.1 Å². The number of hydrogen-bond acceptors (Lipinski definition) is 3. The van der Waals surface area contributed by atoms with E-state index in [1.165, 1.54) is 18.3 Å². The number of rotatable bonds is 4. The molecule has 0 aliphatic carbocycles. The zero-order valence-electron chi connectivity index (χ0n) is 10.9. The van der Waals surface area contributed by atoms with E-state index in [0.29, 0.717) is 4.90 Å². The molecule has 1 aromatic rings. The lowest BCUT2D eigenvalue weighted by Gasteiger charge is -2.19. The van der Waals surface area contributed by atoms with Gasteiger partial charge in [-0.15, -0.1) is 0 Å². The summed E-state index contributed by atoms with van der Waals surface area (Å²) >= 11 is 5.70. The van der Waals surface area contributed by atoms with Crippen molar-refractivity contribution in [1.82, 2.24) is 15.2 Å². The Labute approximate surface area is 123 Å². The number of carbonyl (C=O) groups excluding carboxylic acids is 2. The van der Waals surface area contributed by atoms with E-state index in [2.05, 4.69) is 15.6 Å². The van der Waals surface area contributed by atoms with Crippen LogP contribution in [0.2, 0.25) is 5.15 Å². The quantitative estimate of drug-likeness (QED) is 0.830. The van der Waals surface area contributed by atoms with Gasteiger partial charge in [0.05, 0.1) is 12.2 Å². The van der Waals surface area contributed by atoms with E-state index in [1.54, 1.807) is 0 Å². The van der Waals surface area contributed by atoms with E-state index >= 15 is 0 Å². The van der Waals surface area contributed by atoms with Crippen LogP contribution in [0.4, 0.5) is 23.7 Å². The monoisotopic (exact) mass is 324 g/mol. The van der Waals surface area contributed by atoms with Crippen LogP contribution in [0.15, 0.2) is 18.3 Å². The highest BCUT2D eigenvalue weighted by Gasteiger charge is 2.31. The van der Waals surface area contributed by atoms with Crippen LogP contribution in [-0.4, -0.2) is 48.1 Å². The molecule has 0 bridgehead atoms. The Kier molecular flexibility index (Phi) is 5.77. The minimum atomic E-state index is -4.49. The molecule has 0 aromatic carbocycles. The Balaban J connectivity index is 2.43. The number of anilines is 1. The number of amides is 3. The fourth-order valence-electron chi connectivity index (χ4n) is 1.29. The van der Waals surface area contributed by atoms with E-state index in [-0.39, 0.29) is 10.8 Å². The summed E-state index contributed by atoms with van der Waals surface area (Å²) in [5.74, 6) is -0.875. The summed E-state index contributed by atoms with van der Waals surface area (Å²) in [5, 5.41) is 4.49. The SMILES string of the molecule is CN(CC(F)(F)F)C(=O)CNC(=O)Nc1cccnc1Cl. The molecule has 21 heavy (non-hydrogen) atoms. The van der Waals surface area contributed by atoms with Crippen molar-refractivity contribution in [1.29, 1.82) is 0 Å². The van der Waals surface area contributed by atoms with Gasteiger partial charge in [-0.2, -0.15) is 13.2 Å². The minimum absolute atomic E-state index is 0.0492. The molecule has 0 saturated heterocycles. The van der Waals surface area contributed by atoms with Gasteiger partial charge in [-0.25, -0.2) is 9.78 Å². The van der Waals surface area contributed by atoms with E-state index in [9.17, 15) is 22.8 Å². The van der Waals surface area contributed by atoms with Crippen molar-refractivity contribution in [2.75, 3.05) is 25.5 Å². The molecule has 0 atom stereocenters. The Morgan fingerprint density at radius 2 is 2.10 bits per heavy atom. The molecule has 10 heteroatoms. The lowest BCUT2D eigenvalue weighted by Crippen LogP contribution is -2.43.